The number of carbonyl (C=O) groups excluding carboxylic acids is 1. The number of nitrogens with zero attached hydrogens (tertiary/aromatic N) is 4. The van der Waals surface area contributed by atoms with E-state index in [0.717, 1.165) is 48.4 Å². The zero-order chi connectivity index (χ0) is 31.2. The van der Waals surface area contributed by atoms with Gasteiger partial charge >= 0.3 is 6.18 Å². The smallest absolute Gasteiger partial charge is 0.351 e. The number of hydrogen-bond acceptors (Lipinski definition) is 8. The average Bonchev–Trinajstić information content (AvgIpc) is 3.38. The van der Waals surface area contributed by atoms with E-state index in [-0.39, 0.29) is 29.4 Å². The van der Waals surface area contributed by atoms with Crippen LogP contribution in [-0.2, 0) is 6.18 Å². The van der Waals surface area contributed by atoms with Crippen molar-refractivity contribution >= 4 is 23.1 Å². The lowest BCUT2D eigenvalue weighted by molar-refractivity contribution is -0.232. The van der Waals surface area contributed by atoms with Crippen molar-refractivity contribution in [3.63, 3.8) is 0 Å². The minimum Gasteiger partial charge on any atom is -0.351 e. The van der Waals surface area contributed by atoms with Crippen LogP contribution in [-0.4, -0.2) is 57.3 Å². The predicted molar refractivity (Wildman–Crippen MR) is 163 cm³/mol. The van der Waals surface area contributed by atoms with E-state index in [1.807, 2.05) is 20.8 Å². The number of thiophene rings is 1. The van der Waals surface area contributed by atoms with Gasteiger partial charge < -0.3 is 5.32 Å². The van der Waals surface area contributed by atoms with Gasteiger partial charge in [0.25, 0.3) is 0 Å². The van der Waals surface area contributed by atoms with Crippen molar-refractivity contribution in [2.24, 2.45) is 0 Å². The van der Waals surface area contributed by atoms with E-state index in [4.69, 9.17) is 0 Å². The molecular formula is C30H50F3N5O2S. The lowest BCUT2D eigenvalue weighted by Crippen LogP contribution is -2.46. The molecule has 1 saturated heterocycles. The molecule has 2 aromatic heterocycles. The zero-order valence-electron chi connectivity index (χ0n) is 26.1. The standard InChI is InChI=1S/C25H36F3N5O2S.C3H8.C2H6/c1-5-6-7-8-9-16(2)23-19(17(3)34)14-21(36-23)22-20(25(26,27)28)15-29-24(31-22)30-18-10-12-33(13-11-18)32(4)35;1-3-2;1-2/h14-16,18,35H,5-13H2,1-4H3,(H,29,30,31);3H2,1-2H3;1-2H3. The second-order valence-corrected chi connectivity index (χ2v) is 11.3. The van der Waals surface area contributed by atoms with Gasteiger partial charge in [-0.05, 0) is 38.2 Å². The summed E-state index contributed by atoms with van der Waals surface area (Å²) in [5.74, 6) is 0.0401. The minimum atomic E-state index is -4.63. The molecule has 234 valence electrons. The average molecular weight is 602 g/mol. The van der Waals surface area contributed by atoms with Gasteiger partial charge in [0, 0.05) is 42.8 Å². The van der Waals surface area contributed by atoms with Crippen LogP contribution in [0.5, 0.6) is 0 Å². The van der Waals surface area contributed by atoms with E-state index < -0.39 is 11.7 Å². The predicted octanol–water partition coefficient (Wildman–Crippen LogP) is 9.06. The molecule has 0 spiro atoms. The van der Waals surface area contributed by atoms with Crippen molar-refractivity contribution in [2.45, 2.75) is 118 Å². The number of carbonyl (C=O) groups is 1. The topological polar surface area (TPSA) is 81.6 Å². The normalized spacial score (nSPS) is 15.0. The van der Waals surface area contributed by atoms with E-state index in [2.05, 4.69) is 36.1 Å². The summed E-state index contributed by atoms with van der Waals surface area (Å²) < 4.78 is 41.7. The highest BCUT2D eigenvalue weighted by molar-refractivity contribution is 7.16. The molecule has 7 nitrogen and oxygen atoms in total. The van der Waals surface area contributed by atoms with Crippen LogP contribution >= 0.6 is 11.3 Å². The third-order valence-electron chi connectivity index (χ3n) is 6.62. The molecule has 1 unspecified atom stereocenters. The van der Waals surface area contributed by atoms with Crippen LogP contribution < -0.4 is 5.32 Å². The maximum Gasteiger partial charge on any atom is 0.420 e. The lowest BCUT2D eigenvalue weighted by Gasteiger charge is -2.34. The van der Waals surface area contributed by atoms with Gasteiger partial charge in [-0.15, -0.1) is 16.5 Å². The van der Waals surface area contributed by atoms with Crippen molar-refractivity contribution < 1.29 is 23.2 Å². The second-order valence-electron chi connectivity index (χ2n) is 10.2. The summed E-state index contributed by atoms with van der Waals surface area (Å²) >= 11 is 1.22. The molecule has 1 aliphatic rings. The molecule has 2 N–H and O–H groups in total. The Balaban J connectivity index is 0.00000157. The number of rotatable bonds is 11. The summed E-state index contributed by atoms with van der Waals surface area (Å²) in [6.45, 7) is 15.1. The van der Waals surface area contributed by atoms with Crippen molar-refractivity contribution in [1.82, 2.24) is 20.1 Å². The Morgan fingerprint density at radius 1 is 1.20 bits per heavy atom. The fourth-order valence-corrected chi connectivity index (χ4v) is 5.80. The van der Waals surface area contributed by atoms with Crippen molar-refractivity contribution in [1.29, 1.82) is 0 Å². The highest BCUT2D eigenvalue weighted by Crippen LogP contribution is 2.42. The first-order valence-electron chi connectivity index (χ1n) is 15.0. The van der Waals surface area contributed by atoms with E-state index in [1.54, 1.807) is 18.1 Å². The van der Waals surface area contributed by atoms with Crippen LogP contribution in [0, 0.1) is 0 Å². The number of anilines is 1. The second kappa shape index (κ2) is 18.5. The van der Waals surface area contributed by atoms with E-state index >= 15 is 0 Å². The first-order valence-corrected chi connectivity index (χ1v) is 15.8. The zero-order valence-corrected chi connectivity index (χ0v) is 26.9. The molecule has 3 rings (SSSR count). The summed E-state index contributed by atoms with van der Waals surface area (Å²) in [6, 6.07) is 1.53. The van der Waals surface area contributed by atoms with Crippen molar-refractivity contribution in [3.05, 3.63) is 28.3 Å². The highest BCUT2D eigenvalue weighted by atomic mass is 32.1. The summed E-state index contributed by atoms with van der Waals surface area (Å²) in [6.07, 6.45) is 4.06. The molecule has 1 atom stereocenters. The van der Waals surface area contributed by atoms with Crippen LogP contribution in [0.3, 0.4) is 0 Å². The first-order chi connectivity index (χ1) is 19.4. The number of hydrazine groups is 1. The molecule has 0 saturated carbocycles. The van der Waals surface area contributed by atoms with Gasteiger partial charge in [-0.3, -0.25) is 10.0 Å². The Morgan fingerprint density at radius 2 is 1.80 bits per heavy atom. The molecule has 41 heavy (non-hydrogen) atoms. The molecule has 0 bridgehead atoms. The molecule has 2 aromatic rings. The number of alkyl halides is 3. The van der Waals surface area contributed by atoms with Gasteiger partial charge in [0.1, 0.15) is 5.56 Å². The summed E-state index contributed by atoms with van der Waals surface area (Å²) in [7, 11) is 1.55. The fourth-order valence-electron chi connectivity index (χ4n) is 4.50. The van der Waals surface area contributed by atoms with E-state index in [0.29, 0.717) is 36.4 Å². The third-order valence-corrected chi connectivity index (χ3v) is 7.99. The Morgan fingerprint density at radius 3 is 2.32 bits per heavy atom. The van der Waals surface area contributed by atoms with Gasteiger partial charge in [0.2, 0.25) is 5.95 Å². The van der Waals surface area contributed by atoms with Crippen LogP contribution in [0.15, 0.2) is 12.3 Å². The van der Waals surface area contributed by atoms with Gasteiger partial charge in [-0.1, -0.05) is 73.6 Å². The third kappa shape index (κ3) is 11.6. The molecule has 0 amide bonds. The summed E-state index contributed by atoms with van der Waals surface area (Å²) in [5, 5.41) is 15.6. The summed E-state index contributed by atoms with van der Waals surface area (Å²) in [5.41, 5.74) is -0.646. The molecule has 1 aliphatic heterocycles. The van der Waals surface area contributed by atoms with Crippen LogP contribution in [0.25, 0.3) is 10.6 Å². The van der Waals surface area contributed by atoms with Crippen LogP contribution in [0.4, 0.5) is 19.1 Å². The fraction of sp³-hybridized carbons (Fsp3) is 0.700. The molecule has 3 heterocycles. The number of piperidine rings is 1. The van der Waals surface area contributed by atoms with Crippen molar-refractivity contribution in [2.75, 3.05) is 25.5 Å². The molecule has 0 aliphatic carbocycles. The Labute approximate surface area is 248 Å². The minimum absolute atomic E-state index is 0.0272. The Bertz CT molecular complexity index is 1040. The quantitative estimate of drug-likeness (QED) is 0.151. The summed E-state index contributed by atoms with van der Waals surface area (Å²) in [4.78, 5) is 21.8. The number of ketones is 1. The van der Waals surface area contributed by atoms with Gasteiger partial charge in [-0.25, -0.2) is 15.0 Å². The molecule has 11 heteroatoms. The van der Waals surface area contributed by atoms with Crippen LogP contribution in [0.2, 0.25) is 0 Å². The highest BCUT2D eigenvalue weighted by Gasteiger charge is 2.36. The molecular weight excluding hydrogens is 551 g/mol. The largest absolute Gasteiger partial charge is 0.420 e. The van der Waals surface area contributed by atoms with E-state index in [9.17, 15) is 23.2 Å². The Kier molecular flexibility index (Phi) is 16.6. The number of hydroxylamine groups is 1. The molecule has 1 fully saturated rings. The number of unbranched alkanes of at least 4 members (excludes halogenated alkanes) is 3. The van der Waals surface area contributed by atoms with Crippen molar-refractivity contribution in [3.8, 4) is 10.6 Å². The lowest BCUT2D eigenvalue weighted by atomic mass is 9.97. The SMILES string of the molecule is CC.CCC.CCCCCCC(C)c1sc(-c2nc(NC3CCN(N(C)O)CC3)ncc2C(F)(F)F)cc1C(C)=O. The number of Topliss-reactive ketones (excluding diaryl/α,β-unsaturated/α-hetero) is 1. The maximum absolute atomic E-state index is 13.9. The van der Waals surface area contributed by atoms with Gasteiger partial charge in [-0.2, -0.15) is 13.2 Å². The monoisotopic (exact) mass is 601 g/mol. The number of hydrogen-bond donors (Lipinski definition) is 2. The number of aromatic nitrogens is 2. The molecule has 0 aromatic carbocycles. The Hall–Kier alpha value is -2.08. The number of nitrogens with one attached hydrogen (secondary N) is 1. The molecule has 0 radical (unpaired) electrons. The van der Waals surface area contributed by atoms with Crippen LogP contribution in [0.1, 0.15) is 127 Å². The number of halogens is 3. The van der Waals surface area contributed by atoms with Gasteiger partial charge in [0.05, 0.1) is 10.6 Å². The van der Waals surface area contributed by atoms with E-state index in [1.165, 1.54) is 24.7 Å². The maximum atomic E-state index is 13.9. The van der Waals surface area contributed by atoms with Gasteiger partial charge in [0.15, 0.2) is 5.78 Å². The first kappa shape index (κ1) is 36.9.